The van der Waals surface area contributed by atoms with Crippen LogP contribution in [0.25, 0.3) is 0 Å². The van der Waals surface area contributed by atoms with E-state index in [2.05, 4.69) is 0 Å². The molecule has 0 spiro atoms. The Morgan fingerprint density at radius 1 is 1.33 bits per heavy atom. The largest absolute Gasteiger partial charge is 0.395 e. The summed E-state index contributed by atoms with van der Waals surface area (Å²) in [7, 11) is 1.76. The maximum atomic E-state index is 12.0. The first-order valence-corrected chi connectivity index (χ1v) is 6.80. The Labute approximate surface area is 111 Å². The average Bonchev–Trinajstić information content (AvgIpc) is 2.82. The molecule has 0 saturated heterocycles. The van der Waals surface area contributed by atoms with Gasteiger partial charge < -0.3 is 15.1 Å². The molecule has 0 atom stereocenters. The molecule has 6 heteroatoms. The SMILES string of the molecule is CN(Cc1ccsc1)C(=O)CN(CCO)CCO. The van der Waals surface area contributed by atoms with E-state index >= 15 is 0 Å². The third-order valence-corrected chi connectivity index (χ3v) is 3.35. The molecule has 0 aliphatic carbocycles. The number of thiophene rings is 1. The molecule has 0 bridgehead atoms. The van der Waals surface area contributed by atoms with Gasteiger partial charge in [0, 0.05) is 26.7 Å². The summed E-state index contributed by atoms with van der Waals surface area (Å²) in [6.45, 7) is 1.59. The summed E-state index contributed by atoms with van der Waals surface area (Å²) in [6, 6.07) is 1.99. The second-order valence-corrected chi connectivity index (χ2v) is 4.88. The molecule has 2 N–H and O–H groups in total. The number of hydrogen-bond donors (Lipinski definition) is 2. The summed E-state index contributed by atoms with van der Waals surface area (Å²) in [5.41, 5.74) is 1.12. The summed E-state index contributed by atoms with van der Waals surface area (Å²) >= 11 is 1.61. The molecular formula is C12H20N2O3S. The van der Waals surface area contributed by atoms with Gasteiger partial charge >= 0.3 is 0 Å². The summed E-state index contributed by atoms with van der Waals surface area (Å²) in [5.74, 6) is -0.0110. The fraction of sp³-hybridized carbons (Fsp3) is 0.583. The van der Waals surface area contributed by atoms with Crippen LogP contribution in [0.5, 0.6) is 0 Å². The minimum absolute atomic E-state index is 0.0110. The molecule has 0 radical (unpaired) electrons. The van der Waals surface area contributed by atoms with Gasteiger partial charge in [0.05, 0.1) is 19.8 Å². The van der Waals surface area contributed by atoms with Gasteiger partial charge in [-0.25, -0.2) is 0 Å². The van der Waals surface area contributed by atoms with Crippen LogP contribution in [0.15, 0.2) is 16.8 Å². The molecule has 0 aromatic carbocycles. The van der Waals surface area contributed by atoms with E-state index < -0.39 is 0 Å². The lowest BCUT2D eigenvalue weighted by atomic mass is 10.3. The number of aliphatic hydroxyl groups excluding tert-OH is 2. The summed E-state index contributed by atoms with van der Waals surface area (Å²) in [4.78, 5) is 15.4. The van der Waals surface area contributed by atoms with Crippen molar-refractivity contribution in [2.75, 3.05) is 39.9 Å². The standard InChI is InChI=1S/C12H20N2O3S/c1-13(8-11-2-7-18-10-11)12(17)9-14(3-5-15)4-6-16/h2,7,10,15-16H,3-6,8-9H2,1H3. The Hall–Kier alpha value is -0.950. The van der Waals surface area contributed by atoms with E-state index in [1.54, 1.807) is 28.2 Å². The number of hydrogen-bond acceptors (Lipinski definition) is 5. The van der Waals surface area contributed by atoms with Crippen LogP contribution < -0.4 is 0 Å². The van der Waals surface area contributed by atoms with Crippen LogP contribution in [-0.4, -0.2) is 65.8 Å². The fourth-order valence-electron chi connectivity index (χ4n) is 1.61. The van der Waals surface area contributed by atoms with Crippen molar-refractivity contribution >= 4 is 17.2 Å². The molecule has 1 amide bonds. The first-order chi connectivity index (χ1) is 8.67. The van der Waals surface area contributed by atoms with Gasteiger partial charge in [-0.2, -0.15) is 11.3 Å². The third kappa shape index (κ3) is 5.14. The number of likely N-dealkylation sites (N-methyl/N-ethyl adjacent to an activating group) is 1. The monoisotopic (exact) mass is 272 g/mol. The Balaban J connectivity index is 2.42. The zero-order valence-corrected chi connectivity index (χ0v) is 11.4. The lowest BCUT2D eigenvalue weighted by Crippen LogP contribution is -2.40. The molecule has 102 valence electrons. The molecule has 5 nitrogen and oxygen atoms in total. The zero-order valence-electron chi connectivity index (χ0n) is 10.6. The number of nitrogens with zero attached hydrogens (tertiary/aromatic N) is 2. The second-order valence-electron chi connectivity index (χ2n) is 4.10. The number of rotatable bonds is 8. The quantitative estimate of drug-likeness (QED) is 0.699. The molecular weight excluding hydrogens is 252 g/mol. The molecule has 0 fully saturated rings. The first-order valence-electron chi connectivity index (χ1n) is 5.86. The molecule has 0 saturated carbocycles. The van der Waals surface area contributed by atoms with Crippen LogP contribution in [-0.2, 0) is 11.3 Å². The van der Waals surface area contributed by atoms with Crippen molar-refractivity contribution in [3.05, 3.63) is 22.4 Å². The van der Waals surface area contributed by atoms with Crippen molar-refractivity contribution in [2.45, 2.75) is 6.54 Å². The van der Waals surface area contributed by atoms with Gasteiger partial charge in [-0.05, 0) is 22.4 Å². The Morgan fingerprint density at radius 2 is 2.00 bits per heavy atom. The number of aliphatic hydroxyl groups is 2. The Kier molecular flexibility index (Phi) is 6.89. The van der Waals surface area contributed by atoms with Crippen LogP contribution in [0.3, 0.4) is 0 Å². The van der Waals surface area contributed by atoms with Gasteiger partial charge in [-0.3, -0.25) is 9.69 Å². The molecule has 0 unspecified atom stereocenters. The average molecular weight is 272 g/mol. The number of amides is 1. The van der Waals surface area contributed by atoms with Gasteiger partial charge in [0.1, 0.15) is 0 Å². The highest BCUT2D eigenvalue weighted by molar-refractivity contribution is 7.07. The van der Waals surface area contributed by atoms with E-state index in [-0.39, 0.29) is 25.7 Å². The third-order valence-electron chi connectivity index (χ3n) is 2.62. The summed E-state index contributed by atoms with van der Waals surface area (Å²) in [5, 5.41) is 21.8. The van der Waals surface area contributed by atoms with Crippen LogP contribution >= 0.6 is 11.3 Å². The molecule has 1 aromatic heterocycles. The van der Waals surface area contributed by atoms with Crippen molar-refractivity contribution in [1.82, 2.24) is 9.80 Å². The van der Waals surface area contributed by atoms with E-state index in [9.17, 15) is 4.79 Å². The number of carbonyl (C=O) groups excluding carboxylic acids is 1. The van der Waals surface area contributed by atoms with E-state index in [1.807, 2.05) is 16.8 Å². The van der Waals surface area contributed by atoms with Gasteiger partial charge in [-0.15, -0.1) is 0 Å². The van der Waals surface area contributed by atoms with Gasteiger partial charge in [0.2, 0.25) is 5.91 Å². The van der Waals surface area contributed by atoms with E-state index in [0.29, 0.717) is 19.6 Å². The molecule has 0 aliphatic rings. The zero-order chi connectivity index (χ0) is 13.4. The normalized spacial score (nSPS) is 10.9. The highest BCUT2D eigenvalue weighted by Gasteiger charge is 2.14. The van der Waals surface area contributed by atoms with Crippen LogP contribution in [0.2, 0.25) is 0 Å². The van der Waals surface area contributed by atoms with E-state index in [0.717, 1.165) is 5.56 Å². The minimum Gasteiger partial charge on any atom is -0.395 e. The summed E-state index contributed by atoms with van der Waals surface area (Å²) in [6.07, 6.45) is 0. The molecule has 0 aliphatic heterocycles. The van der Waals surface area contributed by atoms with Crippen LogP contribution in [0, 0.1) is 0 Å². The predicted octanol–water partition coefficient (Wildman–Crippen LogP) is -0.00690. The lowest BCUT2D eigenvalue weighted by Gasteiger charge is -2.23. The molecule has 1 heterocycles. The smallest absolute Gasteiger partial charge is 0.236 e. The minimum atomic E-state index is -0.0124. The number of carbonyl (C=O) groups is 1. The Morgan fingerprint density at radius 3 is 2.50 bits per heavy atom. The van der Waals surface area contributed by atoms with Gasteiger partial charge in [0.25, 0.3) is 0 Å². The van der Waals surface area contributed by atoms with Gasteiger partial charge in [0.15, 0.2) is 0 Å². The van der Waals surface area contributed by atoms with Crippen LogP contribution in [0.1, 0.15) is 5.56 Å². The van der Waals surface area contributed by atoms with Crippen molar-refractivity contribution in [3.8, 4) is 0 Å². The molecule has 18 heavy (non-hydrogen) atoms. The molecule has 1 rings (SSSR count). The fourth-order valence-corrected chi connectivity index (χ4v) is 2.27. The predicted molar refractivity (Wildman–Crippen MR) is 71.4 cm³/mol. The van der Waals surface area contributed by atoms with E-state index in [4.69, 9.17) is 10.2 Å². The first kappa shape index (κ1) is 15.1. The summed E-state index contributed by atoms with van der Waals surface area (Å²) < 4.78 is 0. The van der Waals surface area contributed by atoms with Crippen molar-refractivity contribution in [1.29, 1.82) is 0 Å². The lowest BCUT2D eigenvalue weighted by molar-refractivity contribution is -0.131. The maximum absolute atomic E-state index is 12.0. The van der Waals surface area contributed by atoms with Crippen LogP contribution in [0.4, 0.5) is 0 Å². The highest BCUT2D eigenvalue weighted by atomic mass is 32.1. The van der Waals surface area contributed by atoms with Gasteiger partial charge in [-0.1, -0.05) is 0 Å². The van der Waals surface area contributed by atoms with Crippen molar-refractivity contribution in [3.63, 3.8) is 0 Å². The highest BCUT2D eigenvalue weighted by Crippen LogP contribution is 2.08. The maximum Gasteiger partial charge on any atom is 0.236 e. The van der Waals surface area contributed by atoms with Crippen molar-refractivity contribution < 1.29 is 15.0 Å². The second kappa shape index (κ2) is 8.20. The van der Waals surface area contributed by atoms with Crippen molar-refractivity contribution in [2.24, 2.45) is 0 Å². The molecule has 1 aromatic rings. The Bertz CT molecular complexity index is 337. The van der Waals surface area contributed by atoms with E-state index in [1.165, 1.54) is 0 Å². The topological polar surface area (TPSA) is 64.0 Å².